The molecule has 0 saturated heterocycles. The number of aryl methyl sites for hydroxylation is 1. The molecule has 10 heteroatoms. The average molecular weight is 300 g/mol. The molecule has 1 aromatic carbocycles. The highest BCUT2D eigenvalue weighted by molar-refractivity contribution is 7.92. The molecule has 2 N–H and O–H groups in total. The Labute approximate surface area is 112 Å². The Morgan fingerprint density at radius 2 is 2.15 bits per heavy atom. The molecule has 0 fully saturated rings. The predicted molar refractivity (Wildman–Crippen MR) is 67.2 cm³/mol. The van der Waals surface area contributed by atoms with Gasteiger partial charge in [0.15, 0.2) is 0 Å². The van der Waals surface area contributed by atoms with Crippen LogP contribution in [0.5, 0.6) is 0 Å². The summed E-state index contributed by atoms with van der Waals surface area (Å²) >= 11 is 0. The molecule has 0 atom stereocenters. The standard InChI is InChI=1S/C10H9FN4O4S/c1-6-10(5-12-13-6)20(18,19)14-7-2-3-8(11)9(4-7)15(16)17/h2-5,14H,1H3,(H,12,13). The Morgan fingerprint density at radius 3 is 2.70 bits per heavy atom. The van der Waals surface area contributed by atoms with Crippen molar-refractivity contribution in [1.29, 1.82) is 0 Å². The van der Waals surface area contributed by atoms with E-state index in [1.165, 1.54) is 6.92 Å². The van der Waals surface area contributed by atoms with Crippen molar-refractivity contribution in [2.75, 3.05) is 4.72 Å². The van der Waals surface area contributed by atoms with Gasteiger partial charge in [-0.05, 0) is 19.1 Å². The number of rotatable bonds is 4. The first-order valence-corrected chi connectivity index (χ1v) is 6.76. The average Bonchev–Trinajstić information content (AvgIpc) is 2.78. The third kappa shape index (κ3) is 2.59. The van der Waals surface area contributed by atoms with Crippen molar-refractivity contribution in [3.8, 4) is 0 Å². The molecule has 1 aromatic heterocycles. The summed E-state index contributed by atoms with van der Waals surface area (Å²) in [5, 5.41) is 16.6. The van der Waals surface area contributed by atoms with Crippen molar-refractivity contribution < 1.29 is 17.7 Å². The number of halogens is 1. The largest absolute Gasteiger partial charge is 0.306 e. The number of benzene rings is 1. The highest BCUT2D eigenvalue weighted by Gasteiger charge is 2.21. The van der Waals surface area contributed by atoms with Crippen molar-refractivity contribution in [2.24, 2.45) is 0 Å². The van der Waals surface area contributed by atoms with E-state index in [1.54, 1.807) is 0 Å². The van der Waals surface area contributed by atoms with E-state index in [9.17, 15) is 22.9 Å². The second-order valence-corrected chi connectivity index (χ2v) is 5.54. The van der Waals surface area contributed by atoms with E-state index < -0.39 is 26.5 Å². The maximum atomic E-state index is 13.2. The molecule has 8 nitrogen and oxygen atoms in total. The summed E-state index contributed by atoms with van der Waals surface area (Å²) in [4.78, 5) is 9.57. The maximum Gasteiger partial charge on any atom is 0.306 e. The number of H-pyrrole nitrogens is 1. The molecule has 1 heterocycles. The van der Waals surface area contributed by atoms with E-state index >= 15 is 0 Å². The number of aromatic amines is 1. The Bertz CT molecular complexity index is 771. The van der Waals surface area contributed by atoms with Crippen molar-refractivity contribution >= 4 is 21.4 Å². The zero-order valence-electron chi connectivity index (χ0n) is 10.1. The smallest absolute Gasteiger partial charge is 0.281 e. The summed E-state index contributed by atoms with van der Waals surface area (Å²) in [7, 11) is -3.94. The number of nitrogens with zero attached hydrogens (tertiary/aromatic N) is 2. The van der Waals surface area contributed by atoms with Crippen molar-refractivity contribution in [3.63, 3.8) is 0 Å². The molecule has 0 unspecified atom stereocenters. The van der Waals surface area contributed by atoms with Crippen molar-refractivity contribution in [2.45, 2.75) is 11.8 Å². The number of aromatic nitrogens is 2. The normalized spacial score (nSPS) is 11.3. The van der Waals surface area contributed by atoms with Gasteiger partial charge in [0.05, 0.1) is 22.5 Å². The summed E-state index contributed by atoms with van der Waals surface area (Å²) in [5.74, 6) is -1.04. The zero-order valence-corrected chi connectivity index (χ0v) is 10.9. The third-order valence-electron chi connectivity index (χ3n) is 2.47. The van der Waals surface area contributed by atoms with Crippen molar-refractivity contribution in [1.82, 2.24) is 10.2 Å². The number of hydrogen-bond donors (Lipinski definition) is 2. The van der Waals surface area contributed by atoms with Gasteiger partial charge in [-0.15, -0.1) is 0 Å². The van der Waals surface area contributed by atoms with E-state index in [4.69, 9.17) is 0 Å². The molecule has 20 heavy (non-hydrogen) atoms. The SMILES string of the molecule is Cc1[nH]ncc1S(=O)(=O)Nc1ccc(F)c([N+](=O)[O-])c1. The van der Waals surface area contributed by atoms with E-state index in [0.29, 0.717) is 5.69 Å². The number of anilines is 1. The van der Waals surface area contributed by atoms with Gasteiger partial charge in [-0.2, -0.15) is 9.49 Å². The fourth-order valence-electron chi connectivity index (χ4n) is 1.54. The van der Waals surface area contributed by atoms with Crippen LogP contribution in [-0.4, -0.2) is 23.5 Å². The molecule has 2 rings (SSSR count). The fraction of sp³-hybridized carbons (Fsp3) is 0.100. The second-order valence-electron chi connectivity index (χ2n) is 3.89. The summed E-state index contributed by atoms with van der Waals surface area (Å²) in [5.41, 5.74) is -0.609. The predicted octanol–water partition coefficient (Wildman–Crippen LogP) is 1.57. The van der Waals surface area contributed by atoms with Crippen LogP contribution in [0.2, 0.25) is 0 Å². The number of nitro benzene ring substituents is 1. The Hall–Kier alpha value is -2.49. The summed E-state index contributed by atoms with van der Waals surface area (Å²) in [6.07, 6.45) is 1.11. The van der Waals surface area contributed by atoms with Gasteiger partial charge in [0, 0.05) is 6.07 Å². The lowest BCUT2D eigenvalue weighted by molar-refractivity contribution is -0.387. The number of hydrogen-bond acceptors (Lipinski definition) is 5. The monoisotopic (exact) mass is 300 g/mol. The maximum absolute atomic E-state index is 13.2. The molecule has 0 aliphatic heterocycles. The quantitative estimate of drug-likeness (QED) is 0.656. The molecule has 0 bridgehead atoms. The van der Waals surface area contributed by atoms with Crippen LogP contribution in [-0.2, 0) is 10.0 Å². The van der Waals surface area contributed by atoms with Crippen LogP contribution >= 0.6 is 0 Å². The molecule has 106 valence electrons. The lowest BCUT2D eigenvalue weighted by Gasteiger charge is -2.07. The van der Waals surface area contributed by atoms with Crippen LogP contribution in [0.1, 0.15) is 5.69 Å². The van der Waals surface area contributed by atoms with Crippen LogP contribution in [0.15, 0.2) is 29.3 Å². The summed E-state index contributed by atoms with van der Waals surface area (Å²) < 4.78 is 39.3. The van der Waals surface area contributed by atoms with Gasteiger partial charge in [0.1, 0.15) is 4.90 Å². The van der Waals surface area contributed by atoms with Gasteiger partial charge >= 0.3 is 5.69 Å². The minimum atomic E-state index is -3.94. The van der Waals surface area contributed by atoms with Gasteiger partial charge in [0.25, 0.3) is 10.0 Å². The Morgan fingerprint density at radius 1 is 1.45 bits per heavy atom. The minimum absolute atomic E-state index is 0.0931. The van der Waals surface area contributed by atoms with E-state index in [2.05, 4.69) is 14.9 Å². The first-order chi connectivity index (χ1) is 9.31. The van der Waals surface area contributed by atoms with Crippen LogP contribution in [0.3, 0.4) is 0 Å². The minimum Gasteiger partial charge on any atom is -0.281 e. The highest BCUT2D eigenvalue weighted by atomic mass is 32.2. The second kappa shape index (κ2) is 4.89. The molecular formula is C10H9FN4O4S. The lowest BCUT2D eigenvalue weighted by atomic mass is 10.3. The molecule has 0 spiro atoms. The first kappa shape index (κ1) is 13.9. The van der Waals surface area contributed by atoms with Crippen LogP contribution in [0, 0.1) is 22.9 Å². The molecule has 0 saturated carbocycles. The van der Waals surface area contributed by atoms with E-state index in [0.717, 1.165) is 24.4 Å². The lowest BCUT2D eigenvalue weighted by Crippen LogP contribution is -2.13. The molecule has 0 radical (unpaired) electrons. The van der Waals surface area contributed by atoms with Gasteiger partial charge in [-0.3, -0.25) is 19.9 Å². The van der Waals surface area contributed by atoms with E-state index in [1.807, 2.05) is 0 Å². The molecule has 0 aliphatic carbocycles. The fourth-order valence-corrected chi connectivity index (χ4v) is 2.72. The third-order valence-corrected chi connectivity index (χ3v) is 3.96. The number of nitro groups is 1. The van der Waals surface area contributed by atoms with E-state index in [-0.39, 0.29) is 10.6 Å². The summed E-state index contributed by atoms with van der Waals surface area (Å²) in [6, 6.07) is 2.72. The van der Waals surface area contributed by atoms with Gasteiger partial charge in [-0.25, -0.2) is 8.42 Å². The van der Waals surface area contributed by atoms with Gasteiger partial charge in [0.2, 0.25) is 5.82 Å². The molecule has 0 aliphatic rings. The molecule has 0 amide bonds. The topological polar surface area (TPSA) is 118 Å². The van der Waals surface area contributed by atoms with Crippen LogP contribution in [0.25, 0.3) is 0 Å². The molecular weight excluding hydrogens is 291 g/mol. The van der Waals surface area contributed by atoms with Crippen LogP contribution < -0.4 is 4.72 Å². The molecule has 2 aromatic rings. The Kier molecular flexibility index (Phi) is 3.40. The highest BCUT2D eigenvalue weighted by Crippen LogP contribution is 2.24. The number of sulfonamides is 1. The zero-order chi connectivity index (χ0) is 14.9. The van der Waals surface area contributed by atoms with Gasteiger partial charge < -0.3 is 0 Å². The summed E-state index contributed by atoms with van der Waals surface area (Å²) in [6.45, 7) is 1.51. The first-order valence-electron chi connectivity index (χ1n) is 5.28. The Balaban J connectivity index is 2.38. The van der Waals surface area contributed by atoms with Crippen molar-refractivity contribution in [3.05, 3.63) is 46.0 Å². The van der Waals surface area contributed by atoms with Crippen LogP contribution in [0.4, 0.5) is 15.8 Å². The van der Waals surface area contributed by atoms with Gasteiger partial charge in [-0.1, -0.05) is 0 Å². The number of nitrogens with one attached hydrogen (secondary N) is 2.